The van der Waals surface area contributed by atoms with E-state index in [0.717, 1.165) is 31.7 Å². The molecule has 130 valence electrons. The highest BCUT2D eigenvalue weighted by Gasteiger charge is 2.36. The van der Waals surface area contributed by atoms with Crippen molar-refractivity contribution in [3.05, 3.63) is 41.7 Å². The van der Waals surface area contributed by atoms with E-state index < -0.39 is 16.0 Å². The van der Waals surface area contributed by atoms with Crippen molar-refractivity contribution in [2.75, 3.05) is 0 Å². The van der Waals surface area contributed by atoms with E-state index >= 15 is 0 Å². The van der Waals surface area contributed by atoms with E-state index in [1.807, 2.05) is 0 Å². The van der Waals surface area contributed by atoms with Gasteiger partial charge in [-0.1, -0.05) is 12.8 Å². The maximum atomic E-state index is 13.1. The zero-order valence-corrected chi connectivity index (χ0v) is 14.1. The second-order valence-corrected chi connectivity index (χ2v) is 7.76. The third-order valence-corrected chi connectivity index (χ3v) is 6.30. The first-order chi connectivity index (χ1) is 11.4. The Morgan fingerprint density at radius 3 is 2.62 bits per heavy atom. The number of sulfonamides is 1. The summed E-state index contributed by atoms with van der Waals surface area (Å²) in [5.74, 6) is -1.05. The molecule has 1 fully saturated rings. The second-order valence-electron chi connectivity index (χ2n) is 5.90. The number of hydrogen-bond donors (Lipinski definition) is 1. The number of hydrogen-bond acceptors (Lipinski definition) is 5. The summed E-state index contributed by atoms with van der Waals surface area (Å²) in [6, 6.07) is 4.39. The average molecular weight is 353 g/mol. The average Bonchev–Trinajstić information content (AvgIpc) is 3.26. The minimum Gasteiger partial charge on any atom is -0.475 e. The third-order valence-electron chi connectivity index (χ3n) is 4.29. The normalized spacial score (nSPS) is 16.1. The topological polar surface area (TPSA) is 101 Å². The SMILES string of the molecule is Cc1oc(C(=O)O)cc1S(=O)(=O)N(Cc1ccco1)C1CCCC1. The van der Waals surface area contributed by atoms with E-state index in [0.29, 0.717) is 5.76 Å². The van der Waals surface area contributed by atoms with Crippen LogP contribution in [0.25, 0.3) is 0 Å². The van der Waals surface area contributed by atoms with Gasteiger partial charge in [0.15, 0.2) is 0 Å². The quantitative estimate of drug-likeness (QED) is 0.856. The smallest absolute Gasteiger partial charge is 0.371 e. The summed E-state index contributed by atoms with van der Waals surface area (Å²) < 4.78 is 38.1. The van der Waals surface area contributed by atoms with Crippen LogP contribution in [0.15, 0.2) is 38.2 Å². The van der Waals surface area contributed by atoms with Crippen molar-refractivity contribution >= 4 is 16.0 Å². The summed E-state index contributed by atoms with van der Waals surface area (Å²) in [6.07, 6.45) is 5.00. The molecule has 0 spiro atoms. The van der Waals surface area contributed by atoms with E-state index in [-0.39, 0.29) is 29.0 Å². The van der Waals surface area contributed by atoms with Crippen LogP contribution in [0.3, 0.4) is 0 Å². The number of nitrogens with zero attached hydrogens (tertiary/aromatic N) is 1. The van der Waals surface area contributed by atoms with Gasteiger partial charge in [0.05, 0.1) is 12.8 Å². The predicted molar refractivity (Wildman–Crippen MR) is 84.1 cm³/mol. The van der Waals surface area contributed by atoms with Gasteiger partial charge in [-0.15, -0.1) is 0 Å². The van der Waals surface area contributed by atoms with Crippen LogP contribution in [-0.4, -0.2) is 29.8 Å². The zero-order chi connectivity index (χ0) is 17.3. The summed E-state index contributed by atoms with van der Waals surface area (Å²) in [7, 11) is -3.89. The maximum absolute atomic E-state index is 13.1. The predicted octanol–water partition coefficient (Wildman–Crippen LogP) is 3.01. The Morgan fingerprint density at radius 1 is 1.38 bits per heavy atom. The zero-order valence-electron chi connectivity index (χ0n) is 13.3. The van der Waals surface area contributed by atoms with Crippen molar-refractivity contribution in [3.63, 3.8) is 0 Å². The van der Waals surface area contributed by atoms with Crippen LogP contribution in [0.5, 0.6) is 0 Å². The monoisotopic (exact) mass is 353 g/mol. The first-order valence-electron chi connectivity index (χ1n) is 7.77. The molecule has 2 heterocycles. The van der Waals surface area contributed by atoms with Crippen LogP contribution in [-0.2, 0) is 16.6 Å². The fourth-order valence-corrected chi connectivity index (χ4v) is 4.93. The van der Waals surface area contributed by atoms with Gasteiger partial charge >= 0.3 is 5.97 Å². The summed E-state index contributed by atoms with van der Waals surface area (Å²) in [6.45, 7) is 1.58. The molecule has 0 atom stereocenters. The van der Waals surface area contributed by atoms with Crippen molar-refractivity contribution in [2.24, 2.45) is 0 Å². The molecule has 1 aliphatic rings. The van der Waals surface area contributed by atoms with Gasteiger partial charge in [0.25, 0.3) is 0 Å². The van der Waals surface area contributed by atoms with Gasteiger partial charge < -0.3 is 13.9 Å². The molecule has 0 aliphatic heterocycles. The minimum atomic E-state index is -3.89. The Kier molecular flexibility index (Phi) is 4.51. The first-order valence-corrected chi connectivity index (χ1v) is 9.21. The molecule has 3 rings (SSSR count). The molecule has 2 aromatic rings. The highest BCUT2D eigenvalue weighted by Crippen LogP contribution is 2.32. The van der Waals surface area contributed by atoms with Crippen LogP contribution >= 0.6 is 0 Å². The molecule has 1 saturated carbocycles. The standard InChI is InChI=1S/C16H19NO6S/c1-11-15(9-14(23-11)16(18)19)24(20,21)17(12-5-2-3-6-12)10-13-7-4-8-22-13/h4,7-9,12H,2-3,5-6,10H2,1H3,(H,18,19). The number of aryl methyl sites for hydroxylation is 1. The number of rotatable bonds is 6. The summed E-state index contributed by atoms with van der Waals surface area (Å²) in [5.41, 5.74) is 0. The molecule has 1 N–H and O–H groups in total. The lowest BCUT2D eigenvalue weighted by atomic mass is 10.2. The fourth-order valence-electron chi connectivity index (χ4n) is 3.11. The third kappa shape index (κ3) is 3.11. The molecule has 8 heteroatoms. The van der Waals surface area contributed by atoms with E-state index in [1.165, 1.54) is 17.5 Å². The number of aromatic carboxylic acids is 1. The molecule has 2 aromatic heterocycles. The lowest BCUT2D eigenvalue weighted by Crippen LogP contribution is -2.38. The molecule has 0 unspecified atom stereocenters. The molecule has 0 amide bonds. The molecular weight excluding hydrogens is 334 g/mol. The van der Waals surface area contributed by atoms with Crippen LogP contribution in [0.2, 0.25) is 0 Å². The van der Waals surface area contributed by atoms with Crippen LogP contribution in [0.4, 0.5) is 0 Å². The van der Waals surface area contributed by atoms with Crippen molar-refractivity contribution in [3.8, 4) is 0 Å². The van der Waals surface area contributed by atoms with Crippen molar-refractivity contribution in [1.29, 1.82) is 0 Å². The Bertz CT molecular complexity index is 815. The number of carbonyl (C=O) groups is 1. The van der Waals surface area contributed by atoms with Gasteiger partial charge in [-0.05, 0) is 31.9 Å². The lowest BCUT2D eigenvalue weighted by molar-refractivity contribution is 0.0661. The molecule has 1 aliphatic carbocycles. The molecule has 0 saturated heterocycles. The molecule has 24 heavy (non-hydrogen) atoms. The largest absolute Gasteiger partial charge is 0.475 e. The van der Waals surface area contributed by atoms with Crippen molar-refractivity contribution < 1.29 is 27.2 Å². The van der Waals surface area contributed by atoms with Gasteiger partial charge in [0, 0.05) is 12.1 Å². The number of carboxylic acid groups (broad SMARTS) is 1. The highest BCUT2D eigenvalue weighted by atomic mass is 32.2. The van der Waals surface area contributed by atoms with Crippen LogP contribution in [0.1, 0.15) is 47.8 Å². The summed E-state index contributed by atoms with van der Waals surface area (Å²) >= 11 is 0. The molecule has 0 bridgehead atoms. The van der Waals surface area contributed by atoms with Gasteiger partial charge in [-0.3, -0.25) is 0 Å². The Hall–Kier alpha value is -2.06. The van der Waals surface area contributed by atoms with E-state index in [4.69, 9.17) is 13.9 Å². The highest BCUT2D eigenvalue weighted by molar-refractivity contribution is 7.89. The van der Waals surface area contributed by atoms with E-state index in [9.17, 15) is 13.2 Å². The minimum absolute atomic E-state index is 0.0786. The van der Waals surface area contributed by atoms with Gasteiger partial charge in [0.1, 0.15) is 16.4 Å². The maximum Gasteiger partial charge on any atom is 0.371 e. The van der Waals surface area contributed by atoms with Gasteiger partial charge in [-0.2, -0.15) is 4.31 Å². The number of carboxylic acids is 1. The molecule has 0 radical (unpaired) electrons. The Balaban J connectivity index is 2.00. The van der Waals surface area contributed by atoms with Crippen LogP contribution < -0.4 is 0 Å². The van der Waals surface area contributed by atoms with Gasteiger partial charge in [-0.25, -0.2) is 13.2 Å². The van der Waals surface area contributed by atoms with E-state index in [1.54, 1.807) is 12.1 Å². The van der Waals surface area contributed by atoms with Crippen molar-refractivity contribution in [2.45, 2.75) is 50.1 Å². The Labute approximate surface area is 139 Å². The number of furan rings is 2. The summed E-state index contributed by atoms with van der Waals surface area (Å²) in [5, 5.41) is 9.03. The van der Waals surface area contributed by atoms with Crippen molar-refractivity contribution in [1.82, 2.24) is 4.31 Å². The molecule has 7 nitrogen and oxygen atoms in total. The fraction of sp³-hybridized carbons (Fsp3) is 0.438. The van der Waals surface area contributed by atoms with E-state index in [2.05, 4.69) is 0 Å². The van der Waals surface area contributed by atoms with Gasteiger partial charge in [0.2, 0.25) is 15.8 Å². The molecular formula is C16H19NO6S. The Morgan fingerprint density at radius 2 is 2.08 bits per heavy atom. The lowest BCUT2D eigenvalue weighted by Gasteiger charge is -2.27. The van der Waals surface area contributed by atoms with Crippen LogP contribution in [0, 0.1) is 6.92 Å². The second kappa shape index (κ2) is 6.45. The summed E-state index contributed by atoms with van der Waals surface area (Å²) in [4.78, 5) is 11.0. The first kappa shape index (κ1) is 16.8. The molecule has 0 aromatic carbocycles.